The molecule has 0 amide bonds. The van der Waals surface area contributed by atoms with Crippen molar-refractivity contribution in [2.24, 2.45) is 5.41 Å². The van der Waals surface area contributed by atoms with Gasteiger partial charge in [-0.2, -0.15) is 0 Å². The third kappa shape index (κ3) is 6.80. The lowest BCUT2D eigenvalue weighted by atomic mass is 9.71. The molecule has 0 spiro atoms. The summed E-state index contributed by atoms with van der Waals surface area (Å²) in [4.78, 5) is 10.7. The number of carbonyl (C=O) groups is 1. The number of carboxylic acid groups (broad SMARTS) is 1. The molecule has 1 aromatic rings. The lowest BCUT2D eigenvalue weighted by Crippen LogP contribution is -2.30. The molecule has 4 nitrogen and oxygen atoms in total. The normalized spacial score (nSPS) is 20.2. The summed E-state index contributed by atoms with van der Waals surface area (Å²) in [6, 6.07) is 6.85. The van der Waals surface area contributed by atoms with Gasteiger partial charge < -0.3 is 14.9 Å². The maximum absolute atomic E-state index is 10.7. The van der Waals surface area contributed by atoms with Gasteiger partial charge in [-0.15, -0.1) is 0 Å². The summed E-state index contributed by atoms with van der Waals surface area (Å²) in [5.41, 5.74) is 4.32. The highest BCUT2D eigenvalue weighted by Crippen LogP contribution is 2.42. The van der Waals surface area contributed by atoms with Gasteiger partial charge in [0.2, 0.25) is 0 Å². The van der Waals surface area contributed by atoms with Crippen molar-refractivity contribution in [1.29, 1.82) is 0 Å². The Morgan fingerprint density at radius 3 is 2.43 bits per heavy atom. The monoisotopic (exact) mass is 408 g/mol. The SMILES string of the molecule is CC(C=CC1=C(C)C(Oc2ccc(O)cc2)CCC1(C)C)=CC=CC(C)=CC(=O)O. The summed E-state index contributed by atoms with van der Waals surface area (Å²) in [5.74, 6) is 0.0444. The van der Waals surface area contributed by atoms with Gasteiger partial charge in [-0.05, 0) is 80.0 Å². The van der Waals surface area contributed by atoms with E-state index >= 15 is 0 Å². The summed E-state index contributed by atoms with van der Waals surface area (Å²) in [6.07, 6.45) is 13.0. The van der Waals surface area contributed by atoms with Gasteiger partial charge >= 0.3 is 5.97 Å². The van der Waals surface area contributed by atoms with Gasteiger partial charge in [-0.25, -0.2) is 4.79 Å². The Morgan fingerprint density at radius 2 is 1.80 bits per heavy atom. The highest BCUT2D eigenvalue weighted by atomic mass is 16.5. The molecule has 0 aliphatic heterocycles. The highest BCUT2D eigenvalue weighted by molar-refractivity contribution is 5.81. The molecular formula is C26H32O4. The number of hydrogen-bond donors (Lipinski definition) is 2. The number of rotatable bonds is 7. The largest absolute Gasteiger partial charge is 0.508 e. The van der Waals surface area contributed by atoms with Crippen LogP contribution in [0.4, 0.5) is 0 Å². The van der Waals surface area contributed by atoms with Crippen molar-refractivity contribution >= 4 is 5.97 Å². The molecule has 0 bridgehead atoms. The first-order valence-corrected chi connectivity index (χ1v) is 10.2. The van der Waals surface area contributed by atoms with Crippen LogP contribution in [0.1, 0.15) is 47.5 Å². The van der Waals surface area contributed by atoms with Crippen LogP contribution in [0.2, 0.25) is 0 Å². The van der Waals surface area contributed by atoms with E-state index in [4.69, 9.17) is 9.84 Å². The molecule has 1 aliphatic carbocycles. The number of carboxylic acids is 1. The number of aromatic hydroxyl groups is 1. The second-order valence-corrected chi connectivity index (χ2v) is 8.45. The minimum atomic E-state index is -0.941. The van der Waals surface area contributed by atoms with E-state index in [1.807, 2.05) is 19.1 Å². The molecule has 1 unspecified atom stereocenters. The van der Waals surface area contributed by atoms with Crippen molar-refractivity contribution in [3.8, 4) is 11.5 Å². The molecule has 2 N–H and O–H groups in total. The van der Waals surface area contributed by atoms with Crippen molar-refractivity contribution in [2.45, 2.75) is 53.6 Å². The van der Waals surface area contributed by atoms with Gasteiger partial charge in [0.25, 0.3) is 0 Å². The molecule has 1 atom stereocenters. The van der Waals surface area contributed by atoms with Crippen LogP contribution in [0.3, 0.4) is 0 Å². The van der Waals surface area contributed by atoms with Crippen LogP contribution >= 0.6 is 0 Å². The molecule has 0 saturated heterocycles. The third-order valence-corrected chi connectivity index (χ3v) is 5.37. The first-order chi connectivity index (χ1) is 14.1. The van der Waals surface area contributed by atoms with E-state index in [0.29, 0.717) is 5.57 Å². The Bertz CT molecular complexity index is 909. The second-order valence-electron chi connectivity index (χ2n) is 8.45. The maximum atomic E-state index is 10.7. The maximum Gasteiger partial charge on any atom is 0.328 e. The molecule has 0 saturated carbocycles. The van der Waals surface area contributed by atoms with E-state index in [2.05, 4.69) is 32.9 Å². The quantitative estimate of drug-likeness (QED) is 0.407. The van der Waals surface area contributed by atoms with Crippen molar-refractivity contribution in [3.63, 3.8) is 0 Å². The lowest BCUT2D eigenvalue weighted by molar-refractivity contribution is -0.131. The van der Waals surface area contributed by atoms with E-state index in [0.717, 1.165) is 24.2 Å². The topological polar surface area (TPSA) is 66.8 Å². The number of allylic oxidation sites excluding steroid dienone is 8. The van der Waals surface area contributed by atoms with Gasteiger partial charge in [0.1, 0.15) is 17.6 Å². The fourth-order valence-corrected chi connectivity index (χ4v) is 3.61. The standard InChI is InChI=1S/C26H32O4/c1-18(7-6-8-19(2)17-25(28)29)9-14-23-20(3)24(15-16-26(23,4)5)30-22-12-10-21(27)11-13-22/h6-14,17,24,27H,15-16H2,1-5H3,(H,28,29). The summed E-state index contributed by atoms with van der Waals surface area (Å²) in [5, 5.41) is 18.2. The van der Waals surface area contributed by atoms with Crippen LogP contribution < -0.4 is 4.74 Å². The first kappa shape index (κ1) is 23.3. The van der Waals surface area contributed by atoms with Crippen LogP contribution in [0.5, 0.6) is 11.5 Å². The van der Waals surface area contributed by atoms with Gasteiger partial charge in [0.15, 0.2) is 0 Å². The van der Waals surface area contributed by atoms with Crippen molar-refractivity contribution in [3.05, 3.63) is 83.0 Å². The van der Waals surface area contributed by atoms with Crippen LogP contribution in [-0.4, -0.2) is 22.3 Å². The minimum Gasteiger partial charge on any atom is -0.508 e. The van der Waals surface area contributed by atoms with Gasteiger partial charge in [0, 0.05) is 6.08 Å². The number of hydrogen-bond acceptors (Lipinski definition) is 3. The average molecular weight is 409 g/mol. The Morgan fingerprint density at radius 1 is 1.13 bits per heavy atom. The number of phenolic OH excluding ortho intramolecular Hbond substituents is 1. The predicted octanol–water partition coefficient (Wildman–Crippen LogP) is 6.37. The molecule has 4 heteroatoms. The first-order valence-electron chi connectivity index (χ1n) is 10.2. The second kappa shape index (κ2) is 10.1. The zero-order valence-electron chi connectivity index (χ0n) is 18.5. The number of benzene rings is 1. The van der Waals surface area contributed by atoms with E-state index in [9.17, 15) is 9.90 Å². The fourth-order valence-electron chi connectivity index (χ4n) is 3.61. The third-order valence-electron chi connectivity index (χ3n) is 5.37. The van der Waals surface area contributed by atoms with Gasteiger partial charge in [-0.1, -0.05) is 49.8 Å². The Kier molecular flexibility index (Phi) is 7.87. The molecule has 1 aliphatic rings. The molecule has 0 aromatic heterocycles. The Hall–Kier alpha value is -3.01. The van der Waals surface area contributed by atoms with E-state index in [-0.39, 0.29) is 17.3 Å². The summed E-state index contributed by atoms with van der Waals surface area (Å²) >= 11 is 0. The molecule has 0 heterocycles. The predicted molar refractivity (Wildman–Crippen MR) is 122 cm³/mol. The average Bonchev–Trinajstić information content (AvgIpc) is 2.65. The van der Waals surface area contributed by atoms with E-state index in [1.54, 1.807) is 37.3 Å². The molecule has 1 aromatic carbocycles. The van der Waals surface area contributed by atoms with Crippen molar-refractivity contribution in [2.75, 3.05) is 0 Å². The number of aliphatic carboxylic acids is 1. The van der Waals surface area contributed by atoms with E-state index < -0.39 is 5.97 Å². The highest BCUT2D eigenvalue weighted by Gasteiger charge is 2.32. The molecule has 160 valence electrons. The van der Waals surface area contributed by atoms with Crippen LogP contribution in [0.25, 0.3) is 0 Å². The van der Waals surface area contributed by atoms with Crippen molar-refractivity contribution < 1.29 is 19.7 Å². The molecule has 0 fully saturated rings. The smallest absolute Gasteiger partial charge is 0.328 e. The molecule has 30 heavy (non-hydrogen) atoms. The van der Waals surface area contributed by atoms with Crippen LogP contribution in [0.15, 0.2) is 83.0 Å². The fraction of sp³-hybridized carbons (Fsp3) is 0.346. The van der Waals surface area contributed by atoms with Crippen LogP contribution in [-0.2, 0) is 4.79 Å². The zero-order chi connectivity index (χ0) is 22.3. The Balaban J connectivity index is 2.18. The van der Waals surface area contributed by atoms with Crippen LogP contribution in [0, 0.1) is 5.41 Å². The molecule has 0 radical (unpaired) electrons. The molecular weight excluding hydrogens is 376 g/mol. The van der Waals surface area contributed by atoms with Gasteiger partial charge in [-0.3, -0.25) is 0 Å². The van der Waals surface area contributed by atoms with E-state index in [1.165, 1.54) is 17.2 Å². The molecule has 2 rings (SSSR count). The Labute approximate surface area is 179 Å². The van der Waals surface area contributed by atoms with Gasteiger partial charge in [0.05, 0.1) is 0 Å². The lowest BCUT2D eigenvalue weighted by Gasteiger charge is -2.37. The zero-order valence-corrected chi connectivity index (χ0v) is 18.5. The van der Waals surface area contributed by atoms with Crippen molar-refractivity contribution in [1.82, 2.24) is 0 Å². The minimum absolute atomic E-state index is 0.00945. The summed E-state index contributed by atoms with van der Waals surface area (Å²) in [6.45, 7) is 10.4. The summed E-state index contributed by atoms with van der Waals surface area (Å²) in [7, 11) is 0. The number of phenols is 1. The number of ether oxygens (including phenoxy) is 1. The summed E-state index contributed by atoms with van der Waals surface area (Å²) < 4.78 is 6.19.